The highest BCUT2D eigenvalue weighted by Gasteiger charge is 2.20. The van der Waals surface area contributed by atoms with Gasteiger partial charge in [-0.25, -0.2) is 0 Å². The molecular weight excluding hydrogens is 661 g/mol. The fourth-order valence-electron chi connectivity index (χ4n) is 8.65. The molecule has 4 heteroatoms. The largest absolute Gasteiger partial charge is 0.456 e. The van der Waals surface area contributed by atoms with Crippen molar-refractivity contribution in [3.8, 4) is 33.6 Å². The predicted molar refractivity (Wildman–Crippen MR) is 223 cm³/mol. The van der Waals surface area contributed by atoms with Crippen molar-refractivity contribution in [3.05, 3.63) is 182 Å². The van der Waals surface area contributed by atoms with E-state index in [4.69, 9.17) is 8.83 Å². The summed E-state index contributed by atoms with van der Waals surface area (Å²) < 4.78 is 17.6. The van der Waals surface area contributed by atoms with Crippen molar-refractivity contribution in [3.63, 3.8) is 0 Å². The maximum Gasteiger partial charge on any atom is 0.213 e. The molecule has 0 atom stereocenters. The molecule has 4 aromatic heterocycles. The second-order valence-electron chi connectivity index (χ2n) is 14.1. The van der Waals surface area contributed by atoms with E-state index in [0.717, 1.165) is 83.2 Å². The van der Waals surface area contributed by atoms with Crippen LogP contribution < -0.4 is 0 Å². The van der Waals surface area contributed by atoms with Gasteiger partial charge in [0.2, 0.25) is 5.71 Å². The Bertz CT molecular complexity index is 3380. The third-order valence-corrected chi connectivity index (χ3v) is 11.1. The van der Waals surface area contributed by atoms with Gasteiger partial charge < -0.3 is 13.4 Å². The molecule has 0 bridgehead atoms. The molecule has 12 rings (SSSR count). The van der Waals surface area contributed by atoms with E-state index in [9.17, 15) is 0 Å². The topological polar surface area (TPSA) is 36.1 Å². The molecule has 0 spiro atoms. The van der Waals surface area contributed by atoms with Crippen molar-refractivity contribution in [2.45, 2.75) is 0 Å². The number of aromatic nitrogens is 2. The van der Waals surface area contributed by atoms with Crippen LogP contribution in [0.15, 0.2) is 191 Å². The van der Waals surface area contributed by atoms with Gasteiger partial charge >= 0.3 is 0 Å². The molecule has 0 amide bonds. The lowest BCUT2D eigenvalue weighted by molar-refractivity contribution is 0.645. The normalized spacial score (nSPS) is 12.1. The van der Waals surface area contributed by atoms with Gasteiger partial charge in [-0.3, -0.25) is 4.57 Å². The maximum atomic E-state index is 6.60. The Hall–Kier alpha value is -7.30. The van der Waals surface area contributed by atoms with Crippen LogP contribution >= 0.6 is 0 Å². The summed E-state index contributed by atoms with van der Waals surface area (Å²) in [5.41, 5.74) is 13.9. The Kier molecular flexibility index (Phi) is 6.02. The molecule has 0 saturated heterocycles. The zero-order valence-electron chi connectivity index (χ0n) is 29.0. The van der Waals surface area contributed by atoms with Gasteiger partial charge in [-0.05, 0) is 101 Å². The molecule has 0 fully saturated rings. The molecule has 0 aliphatic rings. The average molecular weight is 691 g/mol. The molecule has 4 nitrogen and oxygen atoms in total. The van der Waals surface area contributed by atoms with Crippen LogP contribution in [0.2, 0.25) is 0 Å². The fourth-order valence-corrected chi connectivity index (χ4v) is 8.65. The smallest absolute Gasteiger partial charge is 0.213 e. The van der Waals surface area contributed by atoms with Gasteiger partial charge in [0.05, 0.1) is 21.9 Å². The SMILES string of the molecule is c1ccc(-n2c3ccccc3c3c4cc(-c5ccc6oc7ccc(-c8ccc(-n9c%10ccccc%10c%10ccccc%109)cc8)cc7c6c5)ccc4oc32)cc1. The number of furan rings is 2. The van der Waals surface area contributed by atoms with E-state index >= 15 is 0 Å². The minimum absolute atomic E-state index is 0.862. The Morgan fingerprint density at radius 3 is 1.35 bits per heavy atom. The van der Waals surface area contributed by atoms with E-state index in [1.54, 1.807) is 0 Å². The lowest BCUT2D eigenvalue weighted by Gasteiger charge is -2.09. The minimum atomic E-state index is 0.862. The standard InChI is InChI=1S/C50H30N2O2/c1-2-10-35(11-3-1)52-45-17-9-6-14-39(45)49-42-30-34(22-27-48(42)54-50(49)52)33-21-26-47-41(29-33)40-28-32(20-25-46(40)53-47)31-18-23-36(24-19-31)51-43-15-7-4-12-37(43)38-13-5-8-16-44(38)51/h1-30H. The molecule has 8 aromatic carbocycles. The second kappa shape index (κ2) is 11.1. The van der Waals surface area contributed by atoms with Gasteiger partial charge in [0.25, 0.3) is 0 Å². The molecule has 4 heterocycles. The highest BCUT2D eigenvalue weighted by molar-refractivity contribution is 6.20. The van der Waals surface area contributed by atoms with Gasteiger partial charge in [0, 0.05) is 43.7 Å². The fraction of sp³-hybridized carbons (Fsp3) is 0. The molecule has 0 radical (unpaired) electrons. The summed E-state index contributed by atoms with van der Waals surface area (Å²) in [7, 11) is 0. The number of fused-ring (bicyclic) bond motifs is 11. The third-order valence-electron chi connectivity index (χ3n) is 11.1. The first-order valence-electron chi connectivity index (χ1n) is 18.3. The van der Waals surface area contributed by atoms with Gasteiger partial charge in [-0.2, -0.15) is 0 Å². The molecule has 12 aromatic rings. The number of para-hydroxylation sites is 4. The minimum Gasteiger partial charge on any atom is -0.456 e. The summed E-state index contributed by atoms with van der Waals surface area (Å²) in [5, 5.41) is 8.16. The maximum absolute atomic E-state index is 6.60. The van der Waals surface area contributed by atoms with Gasteiger partial charge in [-0.15, -0.1) is 0 Å². The predicted octanol–water partition coefficient (Wildman–Crippen LogP) is 13.9. The van der Waals surface area contributed by atoms with Gasteiger partial charge in [-0.1, -0.05) is 103 Å². The van der Waals surface area contributed by atoms with Crippen molar-refractivity contribution in [2.75, 3.05) is 0 Å². The Morgan fingerprint density at radius 1 is 0.296 bits per heavy atom. The summed E-state index contributed by atoms with van der Waals surface area (Å²) in [5.74, 6) is 0. The number of benzene rings is 8. The van der Waals surface area contributed by atoms with Gasteiger partial charge in [0.1, 0.15) is 16.7 Å². The Labute approximate surface area is 309 Å². The summed E-state index contributed by atoms with van der Waals surface area (Å²) in [6, 6.07) is 64.7. The first-order valence-corrected chi connectivity index (χ1v) is 18.3. The molecule has 54 heavy (non-hydrogen) atoms. The van der Waals surface area contributed by atoms with E-state index < -0.39 is 0 Å². The molecule has 252 valence electrons. The lowest BCUT2D eigenvalue weighted by atomic mass is 9.99. The monoisotopic (exact) mass is 690 g/mol. The summed E-state index contributed by atoms with van der Waals surface area (Å²) in [6.07, 6.45) is 0. The first-order chi connectivity index (χ1) is 26.8. The zero-order chi connectivity index (χ0) is 35.3. The first kappa shape index (κ1) is 29.3. The third kappa shape index (κ3) is 4.19. The van der Waals surface area contributed by atoms with Crippen LogP contribution in [0.4, 0.5) is 0 Å². The Morgan fingerprint density at radius 2 is 0.741 bits per heavy atom. The molecular formula is C50H30N2O2. The zero-order valence-corrected chi connectivity index (χ0v) is 29.0. The van der Waals surface area contributed by atoms with Crippen LogP contribution in [0.25, 0.3) is 110 Å². The van der Waals surface area contributed by atoms with Crippen molar-refractivity contribution in [1.29, 1.82) is 0 Å². The molecule has 0 saturated carbocycles. The summed E-state index contributed by atoms with van der Waals surface area (Å²) in [6.45, 7) is 0. The van der Waals surface area contributed by atoms with Crippen molar-refractivity contribution in [1.82, 2.24) is 9.13 Å². The van der Waals surface area contributed by atoms with E-state index in [1.165, 1.54) is 27.2 Å². The highest BCUT2D eigenvalue weighted by atomic mass is 16.3. The highest BCUT2D eigenvalue weighted by Crippen LogP contribution is 2.42. The lowest BCUT2D eigenvalue weighted by Crippen LogP contribution is -1.93. The van der Waals surface area contributed by atoms with Crippen LogP contribution in [0.1, 0.15) is 0 Å². The number of nitrogens with zero attached hydrogens (tertiary/aromatic N) is 2. The average Bonchev–Trinajstić information content (AvgIpc) is 3.97. The Balaban J connectivity index is 0.956. The number of hydrogen-bond acceptors (Lipinski definition) is 2. The van der Waals surface area contributed by atoms with Crippen molar-refractivity contribution < 1.29 is 8.83 Å². The van der Waals surface area contributed by atoms with Crippen LogP contribution in [0.3, 0.4) is 0 Å². The van der Waals surface area contributed by atoms with E-state index in [1.807, 2.05) is 6.07 Å². The summed E-state index contributed by atoms with van der Waals surface area (Å²) >= 11 is 0. The van der Waals surface area contributed by atoms with E-state index in [-0.39, 0.29) is 0 Å². The van der Waals surface area contributed by atoms with Crippen LogP contribution in [-0.2, 0) is 0 Å². The molecule has 0 N–H and O–H groups in total. The van der Waals surface area contributed by atoms with Crippen LogP contribution in [0, 0.1) is 0 Å². The van der Waals surface area contributed by atoms with Crippen molar-refractivity contribution in [2.24, 2.45) is 0 Å². The number of hydrogen-bond donors (Lipinski definition) is 0. The second-order valence-corrected chi connectivity index (χ2v) is 14.1. The van der Waals surface area contributed by atoms with Crippen LogP contribution in [0.5, 0.6) is 0 Å². The van der Waals surface area contributed by atoms with Crippen LogP contribution in [-0.4, -0.2) is 9.13 Å². The van der Waals surface area contributed by atoms with E-state index in [0.29, 0.717) is 0 Å². The van der Waals surface area contributed by atoms with E-state index in [2.05, 4.69) is 185 Å². The summed E-state index contributed by atoms with van der Waals surface area (Å²) in [4.78, 5) is 0. The van der Waals surface area contributed by atoms with Gasteiger partial charge in [0.15, 0.2) is 0 Å². The molecule has 0 unspecified atom stereocenters. The quantitative estimate of drug-likeness (QED) is 0.184. The van der Waals surface area contributed by atoms with Crippen molar-refractivity contribution >= 4 is 76.7 Å². The number of rotatable bonds is 4. The molecule has 0 aliphatic heterocycles. The molecule has 0 aliphatic carbocycles.